The molecule has 0 amide bonds. The Morgan fingerprint density at radius 3 is 2.53 bits per heavy atom. The van der Waals surface area contributed by atoms with Gasteiger partial charge in [0.1, 0.15) is 5.75 Å². The minimum absolute atomic E-state index is 0.178. The average molecular weight is 218 g/mol. The monoisotopic (exact) mass is 218 g/mol. The second-order valence-corrected chi connectivity index (χ2v) is 2.87. The van der Waals surface area contributed by atoms with E-state index in [4.69, 9.17) is 4.74 Å². The number of hydrogen-bond acceptors (Lipinski definition) is 2. The summed E-state index contributed by atoms with van der Waals surface area (Å²) in [4.78, 5) is 10.5. The first-order valence-electron chi connectivity index (χ1n) is 4.27. The van der Waals surface area contributed by atoms with Gasteiger partial charge in [-0.1, -0.05) is 12.1 Å². The van der Waals surface area contributed by atoms with E-state index in [1.165, 1.54) is 12.1 Å². The molecule has 0 aliphatic heterocycles. The van der Waals surface area contributed by atoms with Crippen LogP contribution in [-0.2, 0) is 0 Å². The highest BCUT2D eigenvalue weighted by atomic mass is 19.4. The Morgan fingerprint density at radius 2 is 1.93 bits per heavy atom. The average Bonchev–Trinajstić information content (AvgIpc) is 2.16. The molecule has 1 aromatic carbocycles. The molecule has 0 saturated heterocycles. The third kappa shape index (κ3) is 4.01. The molecule has 0 aliphatic carbocycles. The van der Waals surface area contributed by atoms with E-state index in [1.54, 1.807) is 12.1 Å². The van der Waals surface area contributed by atoms with Crippen LogP contribution < -0.4 is 4.74 Å². The fraction of sp³-hybridized carbons (Fsp3) is 0.300. The number of halogens is 3. The first kappa shape index (κ1) is 11.6. The second kappa shape index (κ2) is 4.82. The van der Waals surface area contributed by atoms with Gasteiger partial charge in [-0.3, -0.25) is 4.79 Å². The van der Waals surface area contributed by atoms with Gasteiger partial charge in [-0.05, 0) is 12.1 Å². The number of rotatable bonds is 4. The summed E-state index contributed by atoms with van der Waals surface area (Å²) >= 11 is 0. The Bertz CT molecular complexity index is 334. The minimum Gasteiger partial charge on any atom is -0.492 e. The van der Waals surface area contributed by atoms with Crippen LogP contribution in [0.2, 0.25) is 0 Å². The molecule has 0 fully saturated rings. The molecule has 0 N–H and O–H groups in total. The molecule has 0 heterocycles. The van der Waals surface area contributed by atoms with Crippen LogP contribution in [0, 0.1) is 0 Å². The third-order valence-corrected chi connectivity index (χ3v) is 1.69. The first-order chi connectivity index (χ1) is 7.03. The van der Waals surface area contributed by atoms with Gasteiger partial charge < -0.3 is 4.74 Å². The quantitative estimate of drug-likeness (QED) is 0.726. The van der Waals surface area contributed by atoms with E-state index in [9.17, 15) is 18.0 Å². The molecule has 0 bridgehead atoms. The fourth-order valence-corrected chi connectivity index (χ4v) is 0.986. The smallest absolute Gasteiger partial charge is 0.392 e. The predicted molar refractivity (Wildman–Crippen MR) is 48.0 cm³/mol. The van der Waals surface area contributed by atoms with Crippen LogP contribution in [-0.4, -0.2) is 19.1 Å². The van der Waals surface area contributed by atoms with Crippen LogP contribution in [0.3, 0.4) is 0 Å². The Morgan fingerprint density at radius 1 is 1.27 bits per heavy atom. The lowest BCUT2D eigenvalue weighted by Gasteiger charge is -2.09. The van der Waals surface area contributed by atoms with E-state index < -0.39 is 19.2 Å². The van der Waals surface area contributed by atoms with Crippen molar-refractivity contribution >= 4 is 6.29 Å². The minimum atomic E-state index is -4.24. The van der Waals surface area contributed by atoms with Crippen molar-refractivity contribution < 1.29 is 22.7 Å². The molecule has 0 aliphatic rings. The summed E-state index contributed by atoms with van der Waals surface area (Å²) in [6, 6.07) is 6.15. The van der Waals surface area contributed by atoms with E-state index in [-0.39, 0.29) is 11.3 Å². The summed E-state index contributed by atoms with van der Waals surface area (Å²) < 4.78 is 40.2. The fourth-order valence-electron chi connectivity index (χ4n) is 0.986. The number of carbonyl (C=O) groups is 1. The molecule has 0 spiro atoms. The summed E-state index contributed by atoms with van der Waals surface area (Å²) in [6.45, 7) is -0.478. The van der Waals surface area contributed by atoms with Crippen molar-refractivity contribution in [3.05, 3.63) is 29.8 Å². The van der Waals surface area contributed by atoms with Crippen molar-refractivity contribution in [1.29, 1.82) is 0 Å². The summed E-state index contributed by atoms with van der Waals surface area (Å²) in [5.74, 6) is 0.178. The van der Waals surface area contributed by atoms with E-state index in [2.05, 4.69) is 0 Å². The van der Waals surface area contributed by atoms with Crippen molar-refractivity contribution in [3.8, 4) is 5.75 Å². The van der Waals surface area contributed by atoms with Gasteiger partial charge in [0.15, 0.2) is 6.29 Å². The Hall–Kier alpha value is -1.52. The maximum atomic E-state index is 11.8. The standard InChI is InChI=1S/C10H9F3O2/c11-10(12,13)5-6-15-9-4-2-1-3-8(9)7-14/h1-4,7H,5-6H2. The van der Waals surface area contributed by atoms with E-state index >= 15 is 0 Å². The Kier molecular flexibility index (Phi) is 3.71. The Labute approximate surface area is 84.7 Å². The summed E-state index contributed by atoms with van der Waals surface area (Å²) in [5, 5.41) is 0. The zero-order chi connectivity index (χ0) is 11.3. The largest absolute Gasteiger partial charge is 0.492 e. The highest BCUT2D eigenvalue weighted by Gasteiger charge is 2.26. The van der Waals surface area contributed by atoms with Crippen molar-refractivity contribution in [1.82, 2.24) is 0 Å². The summed E-state index contributed by atoms with van der Waals surface area (Å²) in [5.41, 5.74) is 0.250. The number of ether oxygens (including phenoxy) is 1. The van der Waals surface area contributed by atoms with E-state index in [1.807, 2.05) is 0 Å². The van der Waals surface area contributed by atoms with Crippen LogP contribution in [0.5, 0.6) is 5.75 Å². The van der Waals surface area contributed by atoms with Gasteiger partial charge in [-0.2, -0.15) is 13.2 Å². The van der Waals surface area contributed by atoms with Crippen LogP contribution in [0.1, 0.15) is 16.8 Å². The Balaban J connectivity index is 2.54. The maximum Gasteiger partial charge on any atom is 0.392 e. The molecule has 15 heavy (non-hydrogen) atoms. The molecule has 0 radical (unpaired) electrons. The topological polar surface area (TPSA) is 26.3 Å². The third-order valence-electron chi connectivity index (χ3n) is 1.69. The predicted octanol–water partition coefficient (Wildman–Crippen LogP) is 2.83. The second-order valence-electron chi connectivity index (χ2n) is 2.87. The van der Waals surface area contributed by atoms with Gasteiger partial charge >= 0.3 is 6.18 Å². The molecule has 0 atom stereocenters. The molecule has 1 rings (SSSR count). The molecule has 1 aromatic rings. The number of alkyl halides is 3. The molecular formula is C10H9F3O2. The molecular weight excluding hydrogens is 209 g/mol. The number of benzene rings is 1. The molecule has 82 valence electrons. The van der Waals surface area contributed by atoms with Gasteiger partial charge in [0, 0.05) is 0 Å². The van der Waals surface area contributed by atoms with Crippen molar-refractivity contribution in [3.63, 3.8) is 0 Å². The molecule has 5 heteroatoms. The lowest BCUT2D eigenvalue weighted by atomic mass is 10.2. The van der Waals surface area contributed by atoms with Crippen LogP contribution in [0.25, 0.3) is 0 Å². The first-order valence-corrected chi connectivity index (χ1v) is 4.27. The van der Waals surface area contributed by atoms with Gasteiger partial charge in [-0.25, -0.2) is 0 Å². The van der Waals surface area contributed by atoms with Gasteiger partial charge in [0.2, 0.25) is 0 Å². The molecule has 2 nitrogen and oxygen atoms in total. The molecule has 0 unspecified atom stereocenters. The molecule has 0 aromatic heterocycles. The van der Waals surface area contributed by atoms with Crippen molar-refractivity contribution in [2.45, 2.75) is 12.6 Å². The summed E-state index contributed by atoms with van der Waals surface area (Å²) in [6.07, 6.45) is -4.72. The summed E-state index contributed by atoms with van der Waals surface area (Å²) in [7, 11) is 0. The van der Waals surface area contributed by atoms with Gasteiger partial charge in [0.05, 0.1) is 18.6 Å². The van der Waals surface area contributed by atoms with Crippen LogP contribution in [0.15, 0.2) is 24.3 Å². The maximum absolute atomic E-state index is 11.8. The lowest BCUT2D eigenvalue weighted by molar-refractivity contribution is -0.139. The van der Waals surface area contributed by atoms with E-state index in [0.29, 0.717) is 6.29 Å². The van der Waals surface area contributed by atoms with Gasteiger partial charge in [-0.15, -0.1) is 0 Å². The molecule has 0 saturated carbocycles. The normalized spacial score (nSPS) is 11.1. The number of carbonyl (C=O) groups excluding carboxylic acids is 1. The SMILES string of the molecule is O=Cc1ccccc1OCCC(F)(F)F. The van der Waals surface area contributed by atoms with Crippen molar-refractivity contribution in [2.24, 2.45) is 0 Å². The number of aldehydes is 1. The van der Waals surface area contributed by atoms with Gasteiger partial charge in [0.25, 0.3) is 0 Å². The number of hydrogen-bond donors (Lipinski definition) is 0. The van der Waals surface area contributed by atoms with Crippen molar-refractivity contribution in [2.75, 3.05) is 6.61 Å². The highest BCUT2D eigenvalue weighted by Crippen LogP contribution is 2.21. The number of para-hydroxylation sites is 1. The van der Waals surface area contributed by atoms with Crippen LogP contribution >= 0.6 is 0 Å². The zero-order valence-corrected chi connectivity index (χ0v) is 7.75. The lowest BCUT2D eigenvalue weighted by Crippen LogP contribution is -2.13. The zero-order valence-electron chi connectivity index (χ0n) is 7.75. The highest BCUT2D eigenvalue weighted by molar-refractivity contribution is 5.79. The van der Waals surface area contributed by atoms with Crippen LogP contribution in [0.4, 0.5) is 13.2 Å². The van der Waals surface area contributed by atoms with E-state index in [0.717, 1.165) is 0 Å².